The van der Waals surface area contributed by atoms with Gasteiger partial charge < -0.3 is 45.0 Å². The number of hydrogen-bond donors (Lipinski definition) is 6. The summed E-state index contributed by atoms with van der Waals surface area (Å²) >= 11 is 0. The minimum absolute atomic E-state index is 0.0220. The van der Waals surface area contributed by atoms with Crippen LogP contribution >= 0.6 is 0 Å². The van der Waals surface area contributed by atoms with E-state index in [4.69, 9.17) is 14.3 Å². The molecule has 25 nitrogen and oxygen atoms in total. The lowest BCUT2D eigenvalue weighted by molar-refractivity contribution is -0.149. The van der Waals surface area contributed by atoms with Crippen molar-refractivity contribution in [2.45, 2.75) is 193 Å². The Morgan fingerprint density at radius 1 is 0.717 bits per heavy atom. The number of methoxy groups -OCH3 is 1. The standard InChI is InChI=1S/C66H100N8O17S/c1-13-41(6)61(72(11)65(84)50(39(2)3)35-54(76)60(40(4)5)71(9)10)55(89-12)36-59(80)74-30-14-15-52(74)62(81)42(7)63(82)68-51(64(83)70-92(87,88)49-24-25-49)33-44-20-22-48(23-21-44)90-38-57(78)69-91-37-46-18-16-45(17-19-46)34-53(75)43(8)67-56(77)26-27-58(79)73-31-28-47(29-32-73)66(85)86/h16-23,39-43,47,49-52,55,60-62,81H,13-15,24-38H2,1-12H3,(H,67,77)(H,68,82)(H,69,78)(H,70,83)(H,85,86)/t41-,42+,43-,50-,51-,52-,55+,60-,61-,62+/m0/s1. The van der Waals surface area contributed by atoms with Gasteiger partial charge in [0.2, 0.25) is 39.6 Å². The van der Waals surface area contributed by atoms with E-state index in [0.29, 0.717) is 74.7 Å². The van der Waals surface area contributed by atoms with Crippen LogP contribution in [-0.4, -0.2) is 199 Å². The molecule has 512 valence electrons. The van der Waals surface area contributed by atoms with Crippen LogP contribution in [0.15, 0.2) is 48.5 Å². The molecule has 2 saturated heterocycles. The lowest BCUT2D eigenvalue weighted by Gasteiger charge is -2.40. The lowest BCUT2D eigenvalue weighted by Crippen LogP contribution is -2.55. The second-order valence-corrected chi connectivity index (χ2v) is 28.0. The van der Waals surface area contributed by atoms with E-state index in [1.54, 1.807) is 60.2 Å². The molecule has 2 aliphatic heterocycles. The first-order valence-corrected chi connectivity index (χ1v) is 33.8. The van der Waals surface area contributed by atoms with Gasteiger partial charge in [0.05, 0.1) is 66.5 Å². The van der Waals surface area contributed by atoms with Gasteiger partial charge in [0.1, 0.15) is 11.8 Å². The van der Waals surface area contributed by atoms with Crippen molar-refractivity contribution in [1.29, 1.82) is 0 Å². The molecule has 3 fully saturated rings. The molecule has 92 heavy (non-hydrogen) atoms. The van der Waals surface area contributed by atoms with Crippen molar-refractivity contribution in [2.75, 3.05) is 54.5 Å². The number of nitrogens with one attached hydrogen (secondary N) is 4. The Bertz CT molecular complexity index is 2960. The summed E-state index contributed by atoms with van der Waals surface area (Å²) in [6, 6.07) is 9.09. The number of sulfonamides is 1. The van der Waals surface area contributed by atoms with Crippen LogP contribution in [0.2, 0.25) is 0 Å². The minimum Gasteiger partial charge on any atom is -0.484 e. The number of carboxylic acids is 1. The number of Topliss-reactive ketones (excluding diaryl/α,β-unsaturated/α-hetero) is 2. The number of aliphatic hydroxyl groups is 1. The summed E-state index contributed by atoms with van der Waals surface area (Å²) < 4.78 is 39.8. The summed E-state index contributed by atoms with van der Waals surface area (Å²) in [6.45, 7) is 15.2. The third kappa shape index (κ3) is 22.1. The van der Waals surface area contributed by atoms with E-state index in [-0.39, 0.29) is 111 Å². The highest BCUT2D eigenvalue weighted by Crippen LogP contribution is 2.32. The molecule has 10 atom stereocenters. The number of hydroxylamine groups is 1. The number of carbonyl (C=O) groups is 10. The van der Waals surface area contributed by atoms with E-state index in [9.17, 15) is 66.6 Å². The highest BCUT2D eigenvalue weighted by Gasteiger charge is 2.44. The first kappa shape index (κ1) is 75.8. The Labute approximate surface area is 542 Å². The number of aliphatic carboxylic acids is 1. The van der Waals surface area contributed by atoms with Crippen LogP contribution in [-0.2, 0) is 87.0 Å². The molecule has 2 aromatic rings. The monoisotopic (exact) mass is 1310 g/mol. The highest BCUT2D eigenvalue weighted by atomic mass is 32.2. The third-order valence-electron chi connectivity index (χ3n) is 18.1. The van der Waals surface area contributed by atoms with Gasteiger partial charge in [-0.05, 0) is 106 Å². The van der Waals surface area contributed by atoms with Crippen LogP contribution in [0.3, 0.4) is 0 Å². The zero-order valence-corrected chi connectivity index (χ0v) is 56.5. The number of aliphatic hydroxyl groups excluding tert-OH is 1. The quantitative estimate of drug-likeness (QED) is 0.0525. The van der Waals surface area contributed by atoms with Gasteiger partial charge in [-0.25, -0.2) is 13.9 Å². The van der Waals surface area contributed by atoms with Gasteiger partial charge in [-0.15, -0.1) is 0 Å². The first-order valence-electron chi connectivity index (χ1n) is 32.2. The molecule has 0 radical (unpaired) electrons. The van der Waals surface area contributed by atoms with Gasteiger partial charge in [0.15, 0.2) is 18.2 Å². The Kier molecular flexibility index (Phi) is 29.2. The molecular formula is C66H100N8O17S. The summed E-state index contributed by atoms with van der Waals surface area (Å²) in [5.74, 6) is -7.05. The average Bonchev–Trinajstić information content (AvgIpc) is 1.51. The number of carbonyl (C=O) groups excluding carboxylic acids is 9. The van der Waals surface area contributed by atoms with Crippen molar-refractivity contribution >= 4 is 68.9 Å². The number of nitrogens with zero attached hydrogens (tertiary/aromatic N) is 4. The van der Waals surface area contributed by atoms with E-state index in [1.807, 2.05) is 60.5 Å². The predicted molar refractivity (Wildman–Crippen MR) is 341 cm³/mol. The first-order chi connectivity index (χ1) is 43.4. The molecular weight excluding hydrogens is 1210 g/mol. The Hall–Kier alpha value is -6.87. The Balaban J connectivity index is 1.12. The SMILES string of the molecule is CC[C@H](C)[C@@H]([C@@H](CC(=O)N1CCC[C@H]1[C@H](O)[C@@H](C)C(=O)N[C@@H](Cc1ccc(OCC(=O)NOCc2ccc(CC(=O)[C@H](C)NC(=O)CCC(=O)N3CCC(C(=O)O)CC3)cc2)cc1)C(=O)NS(=O)(=O)C1CC1)OC)N(C)C(=O)[C@@H](CC(=O)[C@H](C(C)C)N(C)C)C(C)C. The van der Waals surface area contributed by atoms with Crippen LogP contribution in [0.5, 0.6) is 5.75 Å². The number of piperidine rings is 1. The molecule has 0 bridgehead atoms. The van der Waals surface area contributed by atoms with Crippen molar-refractivity contribution in [3.63, 3.8) is 0 Å². The van der Waals surface area contributed by atoms with E-state index in [2.05, 4.69) is 20.8 Å². The van der Waals surface area contributed by atoms with Gasteiger partial charge in [-0.1, -0.05) is 91.3 Å². The molecule has 0 aromatic heterocycles. The number of amides is 7. The molecule has 2 heterocycles. The molecule has 6 N–H and O–H groups in total. The van der Waals surface area contributed by atoms with Gasteiger partial charge >= 0.3 is 5.97 Å². The maximum atomic E-state index is 14.5. The summed E-state index contributed by atoms with van der Waals surface area (Å²) in [7, 11) is 2.83. The zero-order chi connectivity index (χ0) is 68.3. The molecule has 26 heteroatoms. The summed E-state index contributed by atoms with van der Waals surface area (Å²) in [6.07, 6.45) is 0.436. The molecule has 0 spiro atoms. The topological polar surface area (TPSA) is 334 Å². The largest absolute Gasteiger partial charge is 0.484 e. The maximum absolute atomic E-state index is 14.5. The van der Waals surface area contributed by atoms with Crippen molar-refractivity contribution in [2.24, 2.45) is 35.5 Å². The summed E-state index contributed by atoms with van der Waals surface area (Å²) in [4.78, 5) is 144. The van der Waals surface area contributed by atoms with Crippen molar-refractivity contribution in [3.8, 4) is 5.75 Å². The predicted octanol–water partition coefficient (Wildman–Crippen LogP) is 3.75. The van der Waals surface area contributed by atoms with Crippen molar-refractivity contribution in [3.05, 3.63) is 65.2 Å². The average molecular weight is 1310 g/mol. The van der Waals surface area contributed by atoms with Gasteiger partial charge in [-0.2, -0.15) is 0 Å². The maximum Gasteiger partial charge on any atom is 0.306 e. The molecule has 1 saturated carbocycles. The molecule has 5 rings (SSSR count). The molecule has 1 aliphatic carbocycles. The summed E-state index contributed by atoms with van der Waals surface area (Å²) in [5.41, 5.74) is 4.13. The lowest BCUT2D eigenvalue weighted by atomic mass is 9.83. The fourth-order valence-corrected chi connectivity index (χ4v) is 13.6. The van der Waals surface area contributed by atoms with Crippen LogP contribution in [0.25, 0.3) is 0 Å². The minimum atomic E-state index is -4.05. The number of likely N-dealkylation sites (N-methyl/N-ethyl adjacent to an activating group) is 2. The number of carboxylic acid groups (broad SMARTS) is 1. The van der Waals surface area contributed by atoms with E-state index in [0.717, 1.165) is 0 Å². The van der Waals surface area contributed by atoms with Crippen LogP contribution in [0.4, 0.5) is 0 Å². The molecule has 3 aliphatic rings. The van der Waals surface area contributed by atoms with E-state index in [1.165, 1.54) is 31.1 Å². The molecule has 7 amide bonds. The number of hydrogen-bond acceptors (Lipinski definition) is 17. The Morgan fingerprint density at radius 2 is 1.34 bits per heavy atom. The van der Waals surface area contributed by atoms with Crippen LogP contribution in [0.1, 0.15) is 143 Å². The second kappa shape index (κ2) is 35.4. The van der Waals surface area contributed by atoms with Crippen LogP contribution in [0, 0.1) is 35.5 Å². The van der Waals surface area contributed by atoms with Gasteiger partial charge in [0.25, 0.3) is 11.8 Å². The Morgan fingerprint density at radius 3 is 1.90 bits per heavy atom. The van der Waals surface area contributed by atoms with Crippen molar-refractivity contribution in [1.82, 2.24) is 40.4 Å². The number of benzene rings is 2. The van der Waals surface area contributed by atoms with E-state index < -0.39 is 106 Å². The molecule has 2 aromatic carbocycles. The highest BCUT2D eigenvalue weighted by molar-refractivity contribution is 7.90. The van der Waals surface area contributed by atoms with E-state index >= 15 is 0 Å². The number of likely N-dealkylation sites (tertiary alicyclic amines) is 2. The third-order valence-corrected chi connectivity index (χ3v) is 19.9. The van der Waals surface area contributed by atoms with Gasteiger partial charge in [-0.3, -0.25) is 62.4 Å². The summed E-state index contributed by atoms with van der Waals surface area (Å²) in [5, 5.41) is 25.6. The van der Waals surface area contributed by atoms with Crippen LogP contribution < -0.4 is 25.6 Å². The number of ether oxygens (including phenoxy) is 2. The number of ketones is 2. The number of rotatable bonds is 37. The fourth-order valence-electron chi connectivity index (χ4n) is 12.2. The normalized spacial score (nSPS) is 18.4. The smallest absolute Gasteiger partial charge is 0.306 e. The van der Waals surface area contributed by atoms with Crippen molar-refractivity contribution < 1.29 is 80.9 Å². The fraction of sp³-hybridized carbons (Fsp3) is 0.667. The molecule has 0 unspecified atom stereocenters. The second-order valence-electron chi connectivity index (χ2n) is 26.0. The van der Waals surface area contributed by atoms with Gasteiger partial charge in [0, 0.05) is 71.8 Å². The zero-order valence-electron chi connectivity index (χ0n) is 55.6.